The second kappa shape index (κ2) is 6.16. The first kappa shape index (κ1) is 14.0. The normalized spacial score (nSPS) is 10.5. The summed E-state index contributed by atoms with van der Waals surface area (Å²) >= 11 is 0. The summed E-state index contributed by atoms with van der Waals surface area (Å²) in [5.41, 5.74) is 7.56. The smallest absolute Gasteiger partial charge is 0.389 e. The third-order valence-corrected chi connectivity index (χ3v) is 2.92. The Morgan fingerprint density at radius 3 is 2.85 bits per heavy atom. The highest BCUT2D eigenvalue weighted by Crippen LogP contribution is 2.21. The maximum Gasteiger partial charge on any atom is 0.389 e. The van der Waals surface area contributed by atoms with E-state index >= 15 is 0 Å². The molecule has 0 saturated heterocycles. The topological polar surface area (TPSA) is 96.2 Å². The van der Waals surface area contributed by atoms with Gasteiger partial charge in [0.1, 0.15) is 5.75 Å². The summed E-state index contributed by atoms with van der Waals surface area (Å²) in [7, 11) is 1.59. The number of rotatable bonds is 6. The molecule has 0 aliphatic heterocycles. The second-order valence-corrected chi connectivity index (χ2v) is 4.31. The monoisotopic (exact) mass is 276 g/mol. The van der Waals surface area contributed by atoms with Crippen LogP contribution in [-0.2, 0) is 13.0 Å². The van der Waals surface area contributed by atoms with E-state index in [4.69, 9.17) is 10.5 Å². The standard InChI is InChI=1S/C13H16N4O3/c1-20-12-3-2-10(4-6-14)8-11(12)9-16-7-5-13(15-16)17(18)19/h2-3,5,7-8H,4,6,9,14H2,1H3. The highest BCUT2D eigenvalue weighted by molar-refractivity contribution is 5.37. The van der Waals surface area contributed by atoms with E-state index in [1.807, 2.05) is 18.2 Å². The van der Waals surface area contributed by atoms with Gasteiger partial charge in [-0.1, -0.05) is 12.1 Å². The lowest BCUT2D eigenvalue weighted by atomic mass is 10.1. The van der Waals surface area contributed by atoms with E-state index in [1.54, 1.807) is 13.3 Å². The molecule has 7 nitrogen and oxygen atoms in total. The minimum atomic E-state index is -0.515. The molecule has 106 valence electrons. The summed E-state index contributed by atoms with van der Waals surface area (Å²) < 4.78 is 6.81. The largest absolute Gasteiger partial charge is 0.496 e. The van der Waals surface area contributed by atoms with Crippen LogP contribution in [0.25, 0.3) is 0 Å². The lowest BCUT2D eigenvalue weighted by molar-refractivity contribution is -0.389. The molecule has 0 saturated carbocycles. The van der Waals surface area contributed by atoms with Crippen LogP contribution in [0.2, 0.25) is 0 Å². The van der Waals surface area contributed by atoms with Crippen molar-refractivity contribution in [3.05, 3.63) is 51.7 Å². The number of hydrogen-bond acceptors (Lipinski definition) is 5. The zero-order valence-corrected chi connectivity index (χ0v) is 11.2. The van der Waals surface area contributed by atoms with Crippen molar-refractivity contribution >= 4 is 5.82 Å². The average molecular weight is 276 g/mol. The van der Waals surface area contributed by atoms with Crippen LogP contribution in [0.5, 0.6) is 5.75 Å². The maximum absolute atomic E-state index is 10.6. The minimum Gasteiger partial charge on any atom is -0.496 e. The van der Waals surface area contributed by atoms with Crippen molar-refractivity contribution in [2.24, 2.45) is 5.73 Å². The van der Waals surface area contributed by atoms with Crippen LogP contribution >= 0.6 is 0 Å². The first-order valence-electron chi connectivity index (χ1n) is 6.17. The van der Waals surface area contributed by atoms with Gasteiger partial charge in [0, 0.05) is 5.56 Å². The SMILES string of the molecule is COc1ccc(CCN)cc1Cn1ccc([N+](=O)[O-])n1. The van der Waals surface area contributed by atoms with Crippen LogP contribution < -0.4 is 10.5 Å². The van der Waals surface area contributed by atoms with E-state index in [1.165, 1.54) is 10.7 Å². The fourth-order valence-electron chi connectivity index (χ4n) is 1.99. The van der Waals surface area contributed by atoms with E-state index in [-0.39, 0.29) is 5.82 Å². The Balaban J connectivity index is 2.25. The summed E-state index contributed by atoms with van der Waals surface area (Å²) in [6.45, 7) is 0.981. The number of aromatic nitrogens is 2. The van der Waals surface area contributed by atoms with Crippen molar-refractivity contribution in [1.29, 1.82) is 0 Å². The van der Waals surface area contributed by atoms with Gasteiger partial charge >= 0.3 is 5.82 Å². The van der Waals surface area contributed by atoms with Crippen molar-refractivity contribution < 1.29 is 9.66 Å². The minimum absolute atomic E-state index is 0.165. The zero-order chi connectivity index (χ0) is 14.5. The first-order valence-corrected chi connectivity index (χ1v) is 6.17. The molecule has 20 heavy (non-hydrogen) atoms. The summed E-state index contributed by atoms with van der Waals surface area (Å²) in [6.07, 6.45) is 2.35. The summed E-state index contributed by atoms with van der Waals surface area (Å²) in [6, 6.07) is 7.19. The Morgan fingerprint density at radius 1 is 1.45 bits per heavy atom. The summed E-state index contributed by atoms with van der Waals surface area (Å²) in [5, 5.41) is 14.5. The Labute approximate surface area is 116 Å². The van der Waals surface area contributed by atoms with Crippen LogP contribution in [0.4, 0.5) is 5.82 Å². The molecular weight excluding hydrogens is 260 g/mol. The number of benzene rings is 1. The molecule has 0 fully saturated rings. The molecule has 1 heterocycles. The molecule has 0 radical (unpaired) electrons. The number of nitrogens with two attached hydrogens (primary N) is 1. The second-order valence-electron chi connectivity index (χ2n) is 4.31. The van der Waals surface area contributed by atoms with Gasteiger partial charge in [-0.15, -0.1) is 0 Å². The van der Waals surface area contributed by atoms with Gasteiger partial charge in [0.2, 0.25) is 0 Å². The predicted octanol–water partition coefficient (Wildman–Crippen LogP) is 1.35. The van der Waals surface area contributed by atoms with Crippen molar-refractivity contribution in [3.63, 3.8) is 0 Å². The molecule has 0 aliphatic carbocycles. The number of hydrogen-bond donors (Lipinski definition) is 1. The molecular formula is C13H16N4O3. The van der Waals surface area contributed by atoms with Gasteiger partial charge in [-0.3, -0.25) is 0 Å². The predicted molar refractivity (Wildman–Crippen MR) is 73.7 cm³/mol. The molecule has 7 heteroatoms. The van der Waals surface area contributed by atoms with E-state index in [2.05, 4.69) is 5.10 Å². The number of methoxy groups -OCH3 is 1. The number of ether oxygens (including phenoxy) is 1. The van der Waals surface area contributed by atoms with Crippen LogP contribution in [0.1, 0.15) is 11.1 Å². The molecule has 0 bridgehead atoms. The Hall–Kier alpha value is -2.41. The summed E-state index contributed by atoms with van der Waals surface area (Å²) in [4.78, 5) is 10.1. The van der Waals surface area contributed by atoms with Crippen LogP contribution in [-0.4, -0.2) is 28.4 Å². The van der Waals surface area contributed by atoms with E-state index < -0.39 is 4.92 Å². The highest BCUT2D eigenvalue weighted by Gasteiger charge is 2.13. The molecule has 1 aromatic heterocycles. The fraction of sp³-hybridized carbons (Fsp3) is 0.308. The fourth-order valence-corrected chi connectivity index (χ4v) is 1.99. The summed E-state index contributed by atoms with van der Waals surface area (Å²) in [5.74, 6) is 0.561. The Kier molecular flexibility index (Phi) is 4.31. The van der Waals surface area contributed by atoms with Crippen molar-refractivity contribution in [2.75, 3.05) is 13.7 Å². The Bertz CT molecular complexity index is 609. The number of nitrogens with zero attached hydrogens (tertiary/aromatic N) is 3. The molecule has 2 aromatic rings. The van der Waals surface area contributed by atoms with Crippen LogP contribution in [0.3, 0.4) is 0 Å². The molecule has 1 aromatic carbocycles. The molecule has 0 aliphatic rings. The van der Waals surface area contributed by atoms with Gasteiger partial charge in [0.05, 0.1) is 31.0 Å². The van der Waals surface area contributed by atoms with Gasteiger partial charge in [0.25, 0.3) is 0 Å². The quantitative estimate of drug-likeness (QED) is 0.634. The van der Waals surface area contributed by atoms with Gasteiger partial charge in [-0.05, 0) is 29.5 Å². The molecule has 0 spiro atoms. The Morgan fingerprint density at radius 2 is 2.25 bits per heavy atom. The maximum atomic E-state index is 10.6. The van der Waals surface area contributed by atoms with Crippen molar-refractivity contribution in [1.82, 2.24) is 9.78 Å². The average Bonchev–Trinajstić information content (AvgIpc) is 2.88. The zero-order valence-electron chi connectivity index (χ0n) is 11.2. The molecule has 2 rings (SSSR count). The van der Waals surface area contributed by atoms with E-state index in [0.29, 0.717) is 13.1 Å². The lowest BCUT2D eigenvalue weighted by Crippen LogP contribution is -2.06. The third kappa shape index (κ3) is 3.12. The number of nitro groups is 1. The van der Waals surface area contributed by atoms with Crippen molar-refractivity contribution in [2.45, 2.75) is 13.0 Å². The van der Waals surface area contributed by atoms with Crippen LogP contribution in [0.15, 0.2) is 30.5 Å². The lowest BCUT2D eigenvalue weighted by Gasteiger charge is -2.09. The third-order valence-electron chi connectivity index (χ3n) is 2.92. The molecule has 0 unspecified atom stereocenters. The van der Waals surface area contributed by atoms with Gasteiger partial charge in [-0.2, -0.15) is 4.68 Å². The van der Waals surface area contributed by atoms with Crippen LogP contribution in [0, 0.1) is 10.1 Å². The molecule has 0 atom stereocenters. The highest BCUT2D eigenvalue weighted by atomic mass is 16.6. The molecule has 2 N–H and O–H groups in total. The van der Waals surface area contributed by atoms with Gasteiger partial charge in [0.15, 0.2) is 0 Å². The first-order chi connectivity index (χ1) is 9.63. The van der Waals surface area contributed by atoms with Gasteiger partial charge in [-0.25, -0.2) is 0 Å². The van der Waals surface area contributed by atoms with E-state index in [9.17, 15) is 10.1 Å². The van der Waals surface area contributed by atoms with E-state index in [0.717, 1.165) is 23.3 Å². The van der Waals surface area contributed by atoms with Gasteiger partial charge < -0.3 is 20.6 Å². The van der Waals surface area contributed by atoms with Crippen molar-refractivity contribution in [3.8, 4) is 5.75 Å². The molecule has 0 amide bonds.